The standard InChI is InChI=1S/C12H15N3OS/c1-8(10-3-2-5-16-10)15-12-11-9(4-6-17-11)13-7-14-12/h4,6-8,10H,2-3,5H2,1H3,(H,13,14,15). The summed E-state index contributed by atoms with van der Waals surface area (Å²) in [5, 5.41) is 5.49. The van der Waals surface area contributed by atoms with Crippen molar-refractivity contribution in [3.63, 3.8) is 0 Å². The van der Waals surface area contributed by atoms with Gasteiger partial charge in [-0.2, -0.15) is 0 Å². The van der Waals surface area contributed by atoms with Crippen LogP contribution in [0.15, 0.2) is 17.8 Å². The van der Waals surface area contributed by atoms with E-state index >= 15 is 0 Å². The molecule has 0 spiro atoms. The minimum atomic E-state index is 0.290. The Balaban J connectivity index is 1.81. The average molecular weight is 249 g/mol. The number of aromatic nitrogens is 2. The lowest BCUT2D eigenvalue weighted by Crippen LogP contribution is -2.30. The van der Waals surface area contributed by atoms with Crippen LogP contribution in [0.5, 0.6) is 0 Å². The second kappa shape index (κ2) is 4.58. The third kappa shape index (κ3) is 2.12. The number of hydrogen-bond acceptors (Lipinski definition) is 5. The maximum Gasteiger partial charge on any atom is 0.147 e. The molecule has 90 valence electrons. The lowest BCUT2D eigenvalue weighted by molar-refractivity contribution is 0.0996. The van der Waals surface area contributed by atoms with E-state index in [1.54, 1.807) is 17.7 Å². The van der Waals surface area contributed by atoms with Crippen molar-refractivity contribution < 1.29 is 4.74 Å². The first-order valence-corrected chi connectivity index (χ1v) is 6.79. The lowest BCUT2D eigenvalue weighted by Gasteiger charge is -2.20. The molecule has 1 saturated heterocycles. The summed E-state index contributed by atoms with van der Waals surface area (Å²) in [5.41, 5.74) is 1.01. The molecule has 2 unspecified atom stereocenters. The number of fused-ring (bicyclic) bond motifs is 1. The van der Waals surface area contributed by atoms with Crippen molar-refractivity contribution in [3.8, 4) is 0 Å². The fourth-order valence-electron chi connectivity index (χ4n) is 2.20. The highest BCUT2D eigenvalue weighted by Gasteiger charge is 2.23. The Hall–Kier alpha value is -1.20. The van der Waals surface area contributed by atoms with Gasteiger partial charge in [-0.3, -0.25) is 0 Å². The highest BCUT2D eigenvalue weighted by atomic mass is 32.1. The second-order valence-corrected chi connectivity index (χ2v) is 5.26. The van der Waals surface area contributed by atoms with Crippen LogP contribution in [-0.4, -0.2) is 28.7 Å². The highest BCUT2D eigenvalue weighted by Crippen LogP contribution is 2.26. The fourth-order valence-corrected chi connectivity index (χ4v) is 2.99. The Labute approximate surface area is 104 Å². The van der Waals surface area contributed by atoms with Crippen molar-refractivity contribution in [2.75, 3.05) is 11.9 Å². The van der Waals surface area contributed by atoms with E-state index in [1.807, 2.05) is 11.4 Å². The molecule has 17 heavy (non-hydrogen) atoms. The van der Waals surface area contributed by atoms with Crippen molar-refractivity contribution in [2.45, 2.75) is 31.9 Å². The Kier molecular flexibility index (Phi) is 2.94. The topological polar surface area (TPSA) is 47.0 Å². The molecule has 0 radical (unpaired) electrons. The zero-order valence-electron chi connectivity index (χ0n) is 9.72. The fraction of sp³-hybridized carbons (Fsp3) is 0.500. The molecular formula is C12H15N3OS. The van der Waals surface area contributed by atoms with E-state index in [0.717, 1.165) is 35.5 Å². The van der Waals surface area contributed by atoms with Gasteiger partial charge in [0.15, 0.2) is 0 Å². The molecule has 0 bridgehead atoms. The third-order valence-electron chi connectivity index (χ3n) is 3.13. The predicted octanol–water partition coefficient (Wildman–Crippen LogP) is 2.67. The van der Waals surface area contributed by atoms with Gasteiger partial charge in [-0.15, -0.1) is 11.3 Å². The summed E-state index contributed by atoms with van der Waals surface area (Å²) in [4.78, 5) is 8.56. The average Bonchev–Trinajstić information content (AvgIpc) is 3.00. The number of ether oxygens (including phenoxy) is 1. The lowest BCUT2D eigenvalue weighted by atomic mass is 10.1. The number of nitrogens with one attached hydrogen (secondary N) is 1. The van der Waals surface area contributed by atoms with Crippen LogP contribution >= 0.6 is 11.3 Å². The van der Waals surface area contributed by atoms with Crippen molar-refractivity contribution in [2.24, 2.45) is 0 Å². The summed E-state index contributed by atoms with van der Waals surface area (Å²) >= 11 is 1.67. The zero-order chi connectivity index (χ0) is 11.7. The molecule has 5 heteroatoms. The molecule has 2 aromatic heterocycles. The van der Waals surface area contributed by atoms with E-state index in [0.29, 0.717) is 6.10 Å². The minimum absolute atomic E-state index is 0.290. The van der Waals surface area contributed by atoms with Gasteiger partial charge in [0.1, 0.15) is 12.1 Å². The summed E-state index contributed by atoms with van der Waals surface area (Å²) in [7, 11) is 0. The molecule has 0 aliphatic carbocycles. The smallest absolute Gasteiger partial charge is 0.147 e. The normalized spacial score (nSPS) is 21.8. The van der Waals surface area contributed by atoms with Crippen LogP contribution in [-0.2, 0) is 4.74 Å². The van der Waals surface area contributed by atoms with Gasteiger partial charge in [-0.1, -0.05) is 0 Å². The van der Waals surface area contributed by atoms with Crippen LogP contribution in [0.4, 0.5) is 5.82 Å². The van der Waals surface area contributed by atoms with Crippen molar-refractivity contribution in [3.05, 3.63) is 17.8 Å². The highest BCUT2D eigenvalue weighted by molar-refractivity contribution is 7.17. The summed E-state index contributed by atoms with van der Waals surface area (Å²) in [5.74, 6) is 0.924. The van der Waals surface area contributed by atoms with Crippen LogP contribution < -0.4 is 5.32 Å². The molecule has 0 amide bonds. The summed E-state index contributed by atoms with van der Waals surface area (Å²) < 4.78 is 6.80. The minimum Gasteiger partial charge on any atom is -0.376 e. The summed E-state index contributed by atoms with van der Waals surface area (Å²) in [6.45, 7) is 3.03. The number of anilines is 1. The molecule has 2 atom stereocenters. The maximum absolute atomic E-state index is 5.68. The van der Waals surface area contributed by atoms with Crippen LogP contribution in [0.3, 0.4) is 0 Å². The molecule has 2 aromatic rings. The Morgan fingerprint density at radius 3 is 3.29 bits per heavy atom. The van der Waals surface area contributed by atoms with Crippen LogP contribution in [0.2, 0.25) is 0 Å². The molecule has 1 N–H and O–H groups in total. The van der Waals surface area contributed by atoms with E-state index in [1.165, 1.54) is 0 Å². The molecule has 4 nitrogen and oxygen atoms in total. The van der Waals surface area contributed by atoms with Gasteiger partial charge in [-0.05, 0) is 31.2 Å². The number of nitrogens with zero attached hydrogens (tertiary/aromatic N) is 2. The van der Waals surface area contributed by atoms with Crippen molar-refractivity contribution in [1.82, 2.24) is 9.97 Å². The molecule has 3 rings (SSSR count). The molecule has 0 saturated carbocycles. The first kappa shape index (κ1) is 10.9. The van der Waals surface area contributed by atoms with Gasteiger partial charge in [0.2, 0.25) is 0 Å². The zero-order valence-corrected chi connectivity index (χ0v) is 10.5. The van der Waals surface area contributed by atoms with E-state index in [9.17, 15) is 0 Å². The molecular weight excluding hydrogens is 234 g/mol. The molecule has 0 aromatic carbocycles. The number of hydrogen-bond donors (Lipinski definition) is 1. The van der Waals surface area contributed by atoms with E-state index in [4.69, 9.17) is 4.74 Å². The van der Waals surface area contributed by atoms with Gasteiger partial charge in [0.25, 0.3) is 0 Å². The van der Waals surface area contributed by atoms with Gasteiger partial charge in [-0.25, -0.2) is 9.97 Å². The van der Waals surface area contributed by atoms with Gasteiger partial charge in [0.05, 0.1) is 22.4 Å². The number of thiophene rings is 1. The summed E-state index contributed by atoms with van der Waals surface area (Å²) in [6.07, 6.45) is 4.21. The third-order valence-corrected chi connectivity index (χ3v) is 4.04. The first-order chi connectivity index (χ1) is 8.34. The largest absolute Gasteiger partial charge is 0.376 e. The monoisotopic (exact) mass is 249 g/mol. The number of rotatable bonds is 3. The maximum atomic E-state index is 5.68. The Bertz CT molecular complexity index is 507. The van der Waals surface area contributed by atoms with Crippen LogP contribution in [0, 0.1) is 0 Å². The molecule has 1 fully saturated rings. The van der Waals surface area contributed by atoms with Crippen LogP contribution in [0.1, 0.15) is 19.8 Å². The van der Waals surface area contributed by atoms with E-state index in [-0.39, 0.29) is 6.04 Å². The second-order valence-electron chi connectivity index (χ2n) is 4.34. The molecule has 1 aliphatic rings. The van der Waals surface area contributed by atoms with Crippen molar-refractivity contribution >= 4 is 27.4 Å². The summed E-state index contributed by atoms with van der Waals surface area (Å²) in [6, 6.07) is 2.31. The molecule has 1 aliphatic heterocycles. The van der Waals surface area contributed by atoms with Crippen molar-refractivity contribution in [1.29, 1.82) is 0 Å². The Morgan fingerprint density at radius 1 is 1.53 bits per heavy atom. The SMILES string of the molecule is CC(Nc1ncnc2ccsc12)C1CCCO1. The first-order valence-electron chi connectivity index (χ1n) is 5.91. The Morgan fingerprint density at radius 2 is 2.47 bits per heavy atom. The molecule has 3 heterocycles. The van der Waals surface area contributed by atoms with E-state index < -0.39 is 0 Å². The van der Waals surface area contributed by atoms with Crippen LogP contribution in [0.25, 0.3) is 10.2 Å². The van der Waals surface area contributed by atoms with E-state index in [2.05, 4.69) is 22.2 Å². The van der Waals surface area contributed by atoms with Gasteiger partial charge in [0, 0.05) is 6.61 Å². The quantitative estimate of drug-likeness (QED) is 0.908. The van der Waals surface area contributed by atoms with Gasteiger partial charge < -0.3 is 10.1 Å². The predicted molar refractivity (Wildman–Crippen MR) is 69.5 cm³/mol. The van der Waals surface area contributed by atoms with Gasteiger partial charge >= 0.3 is 0 Å².